The summed E-state index contributed by atoms with van der Waals surface area (Å²) in [5.74, 6) is 1.66. The van der Waals surface area contributed by atoms with Crippen LogP contribution in [0.5, 0.6) is 11.5 Å². The van der Waals surface area contributed by atoms with Crippen molar-refractivity contribution in [2.24, 2.45) is 0 Å². The van der Waals surface area contributed by atoms with E-state index < -0.39 is 0 Å². The maximum atomic E-state index is 5.84. The van der Waals surface area contributed by atoms with Gasteiger partial charge in [0.1, 0.15) is 24.7 Å². The third kappa shape index (κ3) is 3.79. The normalized spacial score (nSPS) is 10.0. The van der Waals surface area contributed by atoms with E-state index in [-0.39, 0.29) is 0 Å². The van der Waals surface area contributed by atoms with Crippen LogP contribution in [0.4, 0.5) is 0 Å². The number of hydrogen-bond acceptors (Lipinski definition) is 2. The fourth-order valence-corrected chi connectivity index (χ4v) is 2.28. The lowest BCUT2D eigenvalue weighted by Gasteiger charge is -2.16. The van der Waals surface area contributed by atoms with Crippen molar-refractivity contribution in [3.63, 3.8) is 0 Å². The molecular formula is C20H22O2. The topological polar surface area (TPSA) is 18.5 Å². The van der Waals surface area contributed by atoms with Crippen LogP contribution >= 0.6 is 0 Å². The molecule has 2 aromatic carbocycles. The summed E-state index contributed by atoms with van der Waals surface area (Å²) >= 11 is 0. The van der Waals surface area contributed by atoms with Gasteiger partial charge in [-0.1, -0.05) is 62.6 Å². The van der Waals surface area contributed by atoms with Crippen molar-refractivity contribution in [2.75, 3.05) is 13.2 Å². The minimum atomic E-state index is 0.464. The summed E-state index contributed by atoms with van der Waals surface area (Å²) in [5, 5.41) is 0. The minimum absolute atomic E-state index is 0.464. The van der Waals surface area contributed by atoms with Gasteiger partial charge in [0.15, 0.2) is 0 Å². The summed E-state index contributed by atoms with van der Waals surface area (Å²) in [7, 11) is 0. The van der Waals surface area contributed by atoms with Crippen molar-refractivity contribution >= 4 is 0 Å². The Morgan fingerprint density at radius 1 is 0.909 bits per heavy atom. The summed E-state index contributed by atoms with van der Waals surface area (Å²) < 4.78 is 11.6. The third-order valence-electron chi connectivity index (χ3n) is 3.34. The van der Waals surface area contributed by atoms with Crippen molar-refractivity contribution in [1.82, 2.24) is 0 Å². The van der Waals surface area contributed by atoms with E-state index in [9.17, 15) is 0 Å². The van der Waals surface area contributed by atoms with E-state index in [1.165, 1.54) is 0 Å². The Labute approximate surface area is 132 Å². The van der Waals surface area contributed by atoms with Crippen molar-refractivity contribution in [1.29, 1.82) is 0 Å². The molecule has 0 fully saturated rings. The van der Waals surface area contributed by atoms with Crippen LogP contribution < -0.4 is 9.47 Å². The average Bonchev–Trinajstić information content (AvgIpc) is 2.58. The molecule has 0 amide bonds. The van der Waals surface area contributed by atoms with Gasteiger partial charge in [-0.05, 0) is 23.6 Å². The van der Waals surface area contributed by atoms with Crippen LogP contribution in [0.2, 0.25) is 0 Å². The first-order valence-electron chi connectivity index (χ1n) is 7.49. The van der Waals surface area contributed by atoms with Gasteiger partial charge in [0.05, 0.1) is 0 Å². The zero-order chi connectivity index (χ0) is 15.8. The molecule has 0 aliphatic carbocycles. The molecule has 22 heavy (non-hydrogen) atoms. The van der Waals surface area contributed by atoms with Crippen LogP contribution in [0, 0.1) is 0 Å². The second-order valence-corrected chi connectivity index (χ2v) is 4.88. The Balaban J connectivity index is 2.49. The lowest BCUT2D eigenvalue weighted by molar-refractivity contribution is 0.343. The van der Waals surface area contributed by atoms with Gasteiger partial charge in [0.2, 0.25) is 0 Å². The maximum Gasteiger partial charge on any atom is 0.131 e. The Morgan fingerprint density at radius 2 is 1.55 bits per heavy atom. The third-order valence-corrected chi connectivity index (χ3v) is 3.34. The van der Waals surface area contributed by atoms with Gasteiger partial charge in [-0.15, -0.1) is 0 Å². The van der Waals surface area contributed by atoms with Crippen LogP contribution in [0.25, 0.3) is 11.1 Å². The maximum absolute atomic E-state index is 5.84. The molecule has 0 saturated heterocycles. The minimum Gasteiger partial charge on any atom is -0.489 e. The van der Waals surface area contributed by atoms with Gasteiger partial charge in [-0.25, -0.2) is 0 Å². The summed E-state index contributed by atoms with van der Waals surface area (Å²) in [4.78, 5) is 0. The predicted molar refractivity (Wildman–Crippen MR) is 92.6 cm³/mol. The molecular weight excluding hydrogens is 272 g/mol. The quantitative estimate of drug-likeness (QED) is 0.635. The largest absolute Gasteiger partial charge is 0.489 e. The Kier molecular flexibility index (Phi) is 5.84. The molecule has 0 spiro atoms. The zero-order valence-corrected chi connectivity index (χ0v) is 13.0. The highest BCUT2D eigenvalue weighted by Gasteiger charge is 2.12. The van der Waals surface area contributed by atoms with Crippen molar-refractivity contribution in [2.45, 2.75) is 13.3 Å². The highest BCUT2D eigenvalue weighted by Crippen LogP contribution is 2.36. The Morgan fingerprint density at radius 3 is 2.14 bits per heavy atom. The van der Waals surface area contributed by atoms with E-state index in [2.05, 4.69) is 38.3 Å². The summed E-state index contributed by atoms with van der Waals surface area (Å²) in [5.41, 5.74) is 3.36. The fraction of sp³-hybridized carbons (Fsp3) is 0.200. The second kappa shape index (κ2) is 8.08. The van der Waals surface area contributed by atoms with E-state index >= 15 is 0 Å². The summed E-state index contributed by atoms with van der Waals surface area (Å²) in [6.45, 7) is 10.5. The second-order valence-electron chi connectivity index (χ2n) is 4.88. The van der Waals surface area contributed by atoms with Gasteiger partial charge in [0, 0.05) is 11.6 Å². The zero-order valence-electron chi connectivity index (χ0n) is 13.0. The van der Waals surface area contributed by atoms with E-state index in [0.717, 1.165) is 34.6 Å². The molecule has 0 atom stereocenters. The predicted octanol–water partition coefficient (Wildman–Crippen LogP) is 5.05. The Bertz CT molecular complexity index is 630. The molecule has 0 aromatic heterocycles. The highest BCUT2D eigenvalue weighted by molar-refractivity contribution is 5.73. The van der Waals surface area contributed by atoms with Crippen molar-refractivity contribution < 1.29 is 9.47 Å². The van der Waals surface area contributed by atoms with E-state index in [0.29, 0.717) is 13.2 Å². The number of benzene rings is 2. The van der Waals surface area contributed by atoms with Crippen molar-refractivity contribution in [3.8, 4) is 22.6 Å². The number of ether oxygens (including phenoxy) is 2. The van der Waals surface area contributed by atoms with Crippen LogP contribution in [0.1, 0.15) is 12.5 Å². The first-order valence-corrected chi connectivity index (χ1v) is 7.49. The molecule has 114 valence electrons. The molecule has 2 nitrogen and oxygen atoms in total. The van der Waals surface area contributed by atoms with E-state index in [4.69, 9.17) is 9.47 Å². The molecule has 0 bridgehead atoms. The molecule has 0 aliphatic heterocycles. The number of hydrogen-bond donors (Lipinski definition) is 0. The van der Waals surface area contributed by atoms with Crippen LogP contribution in [0.15, 0.2) is 67.8 Å². The molecule has 0 saturated carbocycles. The lowest BCUT2D eigenvalue weighted by atomic mass is 10.00. The monoisotopic (exact) mass is 294 g/mol. The molecule has 2 heteroatoms. The fourth-order valence-electron chi connectivity index (χ4n) is 2.28. The molecule has 0 N–H and O–H groups in total. The standard InChI is InChI=1S/C20H22O2/c1-4-12-21-19-15-20(22-13-5-2)18(14-16(19)6-3)17-10-8-7-9-11-17/h4-5,7-11,14-15H,1-2,6,12-13H2,3H3. The molecule has 2 aromatic rings. The molecule has 0 radical (unpaired) electrons. The average molecular weight is 294 g/mol. The number of aryl methyl sites for hydroxylation is 1. The van der Waals surface area contributed by atoms with Gasteiger partial charge in [-0.3, -0.25) is 0 Å². The summed E-state index contributed by atoms with van der Waals surface area (Å²) in [6, 6.07) is 14.3. The summed E-state index contributed by atoms with van der Waals surface area (Å²) in [6.07, 6.45) is 4.38. The van der Waals surface area contributed by atoms with Gasteiger partial charge < -0.3 is 9.47 Å². The SMILES string of the molecule is C=CCOc1cc(OCC=C)c(-c2ccccc2)cc1CC. The van der Waals surface area contributed by atoms with Gasteiger partial charge >= 0.3 is 0 Å². The van der Waals surface area contributed by atoms with Crippen LogP contribution in [0.3, 0.4) is 0 Å². The van der Waals surface area contributed by atoms with Crippen LogP contribution in [-0.4, -0.2) is 13.2 Å². The lowest BCUT2D eigenvalue weighted by Crippen LogP contribution is -2.01. The molecule has 0 aliphatic rings. The highest BCUT2D eigenvalue weighted by atomic mass is 16.5. The van der Waals surface area contributed by atoms with Gasteiger partial charge in [-0.2, -0.15) is 0 Å². The molecule has 2 rings (SSSR count). The smallest absolute Gasteiger partial charge is 0.131 e. The molecule has 0 unspecified atom stereocenters. The van der Waals surface area contributed by atoms with E-state index in [1.54, 1.807) is 12.2 Å². The first kappa shape index (κ1) is 15.9. The van der Waals surface area contributed by atoms with E-state index in [1.807, 2.05) is 24.3 Å². The first-order chi connectivity index (χ1) is 10.8. The van der Waals surface area contributed by atoms with Crippen LogP contribution in [-0.2, 0) is 6.42 Å². The van der Waals surface area contributed by atoms with Crippen molar-refractivity contribution in [3.05, 3.63) is 73.3 Å². The Hall–Kier alpha value is -2.48. The molecule has 0 heterocycles. The van der Waals surface area contributed by atoms with Gasteiger partial charge in [0.25, 0.3) is 0 Å². The number of rotatable bonds is 8.